The third-order valence-corrected chi connectivity index (χ3v) is 3.94. The fraction of sp³-hybridized carbons (Fsp3) is 0.500. The highest BCUT2D eigenvalue weighted by Gasteiger charge is 2.36. The number of nitro benzene ring substituents is 1. The number of nitro groups is 1. The van der Waals surface area contributed by atoms with Crippen molar-refractivity contribution < 1.29 is 24.0 Å². The van der Waals surface area contributed by atoms with Crippen LogP contribution in [0.4, 0.5) is 5.69 Å². The first-order valence-corrected chi connectivity index (χ1v) is 7.79. The first kappa shape index (κ1) is 17.7. The highest BCUT2D eigenvalue weighted by molar-refractivity contribution is 6.00. The van der Waals surface area contributed by atoms with Gasteiger partial charge in [0.1, 0.15) is 17.4 Å². The highest BCUT2D eigenvalue weighted by Crippen LogP contribution is 2.28. The van der Waals surface area contributed by atoms with E-state index in [9.17, 15) is 19.7 Å². The van der Waals surface area contributed by atoms with E-state index in [4.69, 9.17) is 9.47 Å². The SMILES string of the molecule is CCOc1ccc([N+](=O)[O-])c(C(=O)N2CCCCC2C(=O)OC)c1. The van der Waals surface area contributed by atoms with Gasteiger partial charge in [0.2, 0.25) is 0 Å². The quantitative estimate of drug-likeness (QED) is 0.464. The summed E-state index contributed by atoms with van der Waals surface area (Å²) in [5.41, 5.74) is -0.389. The van der Waals surface area contributed by atoms with Crippen LogP contribution in [0.1, 0.15) is 36.5 Å². The molecule has 0 spiro atoms. The van der Waals surface area contributed by atoms with Crippen molar-refractivity contribution in [3.05, 3.63) is 33.9 Å². The number of rotatable bonds is 5. The molecule has 1 aromatic carbocycles. The molecule has 1 atom stereocenters. The zero-order valence-electron chi connectivity index (χ0n) is 13.7. The van der Waals surface area contributed by atoms with E-state index in [1.165, 1.54) is 30.2 Å². The van der Waals surface area contributed by atoms with Crippen LogP contribution in [0.15, 0.2) is 18.2 Å². The van der Waals surface area contributed by atoms with Gasteiger partial charge in [-0.2, -0.15) is 0 Å². The second-order valence-electron chi connectivity index (χ2n) is 5.40. The van der Waals surface area contributed by atoms with Crippen LogP contribution in [-0.4, -0.2) is 48.0 Å². The zero-order chi connectivity index (χ0) is 17.7. The van der Waals surface area contributed by atoms with Gasteiger partial charge in [-0.15, -0.1) is 0 Å². The molecule has 1 heterocycles. The average Bonchev–Trinajstić information content (AvgIpc) is 2.60. The van der Waals surface area contributed by atoms with E-state index in [1.807, 2.05) is 0 Å². The molecule has 1 amide bonds. The minimum atomic E-state index is -0.716. The molecular weight excluding hydrogens is 316 g/mol. The summed E-state index contributed by atoms with van der Waals surface area (Å²) in [5, 5.41) is 11.3. The minimum absolute atomic E-state index is 0.0817. The van der Waals surface area contributed by atoms with Crippen LogP contribution >= 0.6 is 0 Å². The van der Waals surface area contributed by atoms with Crippen LogP contribution in [-0.2, 0) is 9.53 Å². The molecule has 0 bridgehead atoms. The largest absolute Gasteiger partial charge is 0.494 e. The third kappa shape index (κ3) is 3.64. The molecular formula is C16H20N2O6. The van der Waals surface area contributed by atoms with Crippen molar-refractivity contribution in [2.24, 2.45) is 0 Å². The molecule has 1 saturated heterocycles. The maximum Gasteiger partial charge on any atom is 0.328 e. The molecule has 0 N–H and O–H groups in total. The number of likely N-dealkylation sites (tertiary alicyclic amines) is 1. The number of carbonyl (C=O) groups excluding carboxylic acids is 2. The lowest BCUT2D eigenvalue weighted by atomic mass is 10.00. The Morgan fingerprint density at radius 3 is 2.75 bits per heavy atom. The Balaban J connectivity index is 2.40. The number of benzene rings is 1. The molecule has 0 radical (unpaired) electrons. The molecule has 24 heavy (non-hydrogen) atoms. The molecule has 1 aliphatic heterocycles. The number of ether oxygens (including phenoxy) is 2. The zero-order valence-corrected chi connectivity index (χ0v) is 13.7. The van der Waals surface area contributed by atoms with Crippen LogP contribution in [0.3, 0.4) is 0 Å². The molecule has 0 aromatic heterocycles. The van der Waals surface area contributed by atoms with Gasteiger partial charge in [0.25, 0.3) is 11.6 Å². The monoisotopic (exact) mass is 336 g/mol. The Labute approximate surface area is 139 Å². The van der Waals surface area contributed by atoms with Crippen LogP contribution in [0.5, 0.6) is 5.75 Å². The topological polar surface area (TPSA) is 99.0 Å². The molecule has 0 saturated carbocycles. The van der Waals surface area contributed by atoms with Crippen LogP contribution in [0.2, 0.25) is 0 Å². The molecule has 2 rings (SSSR count). The number of hydrogen-bond acceptors (Lipinski definition) is 6. The van der Waals surface area contributed by atoms with E-state index in [2.05, 4.69) is 0 Å². The molecule has 8 nitrogen and oxygen atoms in total. The number of methoxy groups -OCH3 is 1. The summed E-state index contributed by atoms with van der Waals surface area (Å²) < 4.78 is 10.1. The van der Waals surface area contributed by atoms with Gasteiger partial charge in [-0.1, -0.05) is 0 Å². The Morgan fingerprint density at radius 2 is 2.12 bits per heavy atom. The number of amides is 1. The van der Waals surface area contributed by atoms with Crippen molar-refractivity contribution >= 4 is 17.6 Å². The average molecular weight is 336 g/mol. The predicted octanol–water partition coefficient (Wildman–Crippen LogP) is 2.16. The second-order valence-corrected chi connectivity index (χ2v) is 5.40. The maximum atomic E-state index is 12.9. The van der Waals surface area contributed by atoms with E-state index in [-0.39, 0.29) is 11.3 Å². The Kier molecular flexibility index (Phi) is 5.73. The van der Waals surface area contributed by atoms with Crippen molar-refractivity contribution in [2.75, 3.05) is 20.3 Å². The van der Waals surface area contributed by atoms with Gasteiger partial charge in [0.05, 0.1) is 18.6 Å². The smallest absolute Gasteiger partial charge is 0.328 e. The lowest BCUT2D eigenvalue weighted by molar-refractivity contribution is -0.385. The van der Waals surface area contributed by atoms with Crippen LogP contribution < -0.4 is 4.74 Å². The summed E-state index contributed by atoms with van der Waals surface area (Å²) in [6, 6.07) is 3.33. The summed E-state index contributed by atoms with van der Waals surface area (Å²) in [5.74, 6) is -0.692. The molecule has 8 heteroatoms. The summed E-state index contributed by atoms with van der Waals surface area (Å²) in [6.07, 6.45) is 2.01. The molecule has 1 aliphatic rings. The number of esters is 1. The van der Waals surface area contributed by atoms with E-state index in [1.54, 1.807) is 6.92 Å². The van der Waals surface area contributed by atoms with E-state index < -0.39 is 22.8 Å². The van der Waals surface area contributed by atoms with Crippen molar-refractivity contribution in [1.29, 1.82) is 0 Å². The molecule has 1 unspecified atom stereocenters. The van der Waals surface area contributed by atoms with Gasteiger partial charge in [0.15, 0.2) is 0 Å². The lowest BCUT2D eigenvalue weighted by Gasteiger charge is -2.33. The summed E-state index contributed by atoms with van der Waals surface area (Å²) >= 11 is 0. The number of piperidine rings is 1. The summed E-state index contributed by atoms with van der Waals surface area (Å²) in [4.78, 5) is 36.8. The molecule has 0 aliphatic carbocycles. The number of hydrogen-bond donors (Lipinski definition) is 0. The van der Waals surface area contributed by atoms with Gasteiger partial charge >= 0.3 is 5.97 Å². The normalized spacial score (nSPS) is 17.2. The van der Waals surface area contributed by atoms with E-state index >= 15 is 0 Å². The Bertz CT molecular complexity index is 645. The van der Waals surface area contributed by atoms with E-state index in [0.29, 0.717) is 25.3 Å². The van der Waals surface area contributed by atoms with Crippen LogP contribution in [0.25, 0.3) is 0 Å². The number of carbonyl (C=O) groups is 2. The minimum Gasteiger partial charge on any atom is -0.494 e. The maximum absolute atomic E-state index is 12.9. The second kappa shape index (κ2) is 7.76. The summed E-state index contributed by atoms with van der Waals surface area (Å²) in [6.45, 7) is 2.51. The van der Waals surface area contributed by atoms with Gasteiger partial charge < -0.3 is 14.4 Å². The van der Waals surface area contributed by atoms with E-state index in [0.717, 1.165) is 12.8 Å². The Morgan fingerprint density at radius 1 is 1.38 bits per heavy atom. The fourth-order valence-corrected chi connectivity index (χ4v) is 2.81. The van der Waals surface area contributed by atoms with Crippen molar-refractivity contribution in [1.82, 2.24) is 4.90 Å². The first-order valence-electron chi connectivity index (χ1n) is 7.79. The lowest BCUT2D eigenvalue weighted by Crippen LogP contribution is -2.48. The summed E-state index contributed by atoms with van der Waals surface area (Å²) in [7, 11) is 1.26. The van der Waals surface area contributed by atoms with Gasteiger partial charge in [-0.3, -0.25) is 14.9 Å². The van der Waals surface area contributed by atoms with Gasteiger partial charge in [-0.25, -0.2) is 4.79 Å². The highest BCUT2D eigenvalue weighted by atomic mass is 16.6. The molecule has 1 fully saturated rings. The van der Waals surface area contributed by atoms with Crippen molar-refractivity contribution in [3.63, 3.8) is 0 Å². The Hall–Kier alpha value is -2.64. The fourth-order valence-electron chi connectivity index (χ4n) is 2.81. The van der Waals surface area contributed by atoms with Crippen LogP contribution in [0, 0.1) is 10.1 Å². The molecule has 1 aromatic rings. The van der Waals surface area contributed by atoms with Crippen molar-refractivity contribution in [2.45, 2.75) is 32.2 Å². The standard InChI is InChI=1S/C16H20N2O6/c1-3-24-11-7-8-13(18(21)22)12(10-11)15(19)17-9-5-4-6-14(17)16(20)23-2/h7-8,10,14H,3-6,9H2,1-2H3. The van der Waals surface area contributed by atoms with Gasteiger partial charge in [-0.05, 0) is 38.3 Å². The van der Waals surface area contributed by atoms with Crippen molar-refractivity contribution in [3.8, 4) is 5.75 Å². The van der Waals surface area contributed by atoms with Gasteiger partial charge in [0, 0.05) is 12.6 Å². The third-order valence-electron chi connectivity index (χ3n) is 3.94. The number of nitrogens with zero attached hydrogens (tertiary/aromatic N) is 2. The molecule has 130 valence electrons. The first-order chi connectivity index (χ1) is 11.5. The predicted molar refractivity (Wildman–Crippen MR) is 85.0 cm³/mol.